The van der Waals surface area contributed by atoms with Gasteiger partial charge in [-0.15, -0.1) is 0 Å². The topological polar surface area (TPSA) is 55.1 Å². The van der Waals surface area contributed by atoms with Crippen molar-refractivity contribution in [3.05, 3.63) is 0 Å². The quantitative estimate of drug-likeness (QED) is 0.798. The van der Waals surface area contributed by atoms with E-state index in [9.17, 15) is 13.6 Å². The third kappa shape index (κ3) is 4.88. The van der Waals surface area contributed by atoms with E-state index in [-0.39, 0.29) is 42.9 Å². The minimum absolute atomic E-state index is 0.0387. The summed E-state index contributed by atoms with van der Waals surface area (Å²) in [6.07, 6.45) is 1.07. The lowest BCUT2D eigenvalue weighted by Gasteiger charge is -2.29. The number of alkyl halides is 2. The highest BCUT2D eigenvalue weighted by atomic mass is 19.3. The highest BCUT2D eigenvalue weighted by molar-refractivity contribution is 5.78. The maximum atomic E-state index is 13.0. The van der Waals surface area contributed by atoms with Crippen LogP contribution in [-0.4, -0.2) is 24.9 Å². The molecule has 0 unspecified atom stereocenters. The molecule has 0 aromatic heterocycles. The predicted molar refractivity (Wildman–Crippen MR) is 67.4 cm³/mol. The Morgan fingerprint density at radius 1 is 1.39 bits per heavy atom. The standard InChI is InChI=1S/C13H24F2N2O/c1-12(2,7-8-16)9-17-11(18)10-3-5-13(14,15)6-4-10/h10H,3-9,16H2,1-2H3,(H,17,18). The number of nitrogens with two attached hydrogens (primary N) is 1. The number of nitrogens with one attached hydrogen (secondary N) is 1. The Balaban J connectivity index is 2.34. The van der Waals surface area contributed by atoms with Gasteiger partial charge in [-0.05, 0) is 31.2 Å². The first kappa shape index (κ1) is 15.3. The van der Waals surface area contributed by atoms with Crippen LogP contribution in [0, 0.1) is 11.3 Å². The summed E-state index contributed by atoms with van der Waals surface area (Å²) in [6, 6.07) is 0. The monoisotopic (exact) mass is 262 g/mol. The molecule has 0 aliphatic heterocycles. The molecule has 5 heteroatoms. The average Bonchev–Trinajstić information content (AvgIpc) is 2.26. The van der Waals surface area contributed by atoms with E-state index in [1.165, 1.54) is 0 Å². The maximum absolute atomic E-state index is 13.0. The average molecular weight is 262 g/mol. The molecule has 1 aliphatic rings. The maximum Gasteiger partial charge on any atom is 0.248 e. The molecule has 1 saturated carbocycles. The summed E-state index contributed by atoms with van der Waals surface area (Å²) in [6.45, 7) is 5.21. The van der Waals surface area contributed by atoms with E-state index in [1.807, 2.05) is 13.8 Å². The molecule has 0 atom stereocenters. The lowest BCUT2D eigenvalue weighted by atomic mass is 9.85. The third-order valence-corrected chi connectivity index (χ3v) is 3.65. The van der Waals surface area contributed by atoms with Crippen molar-refractivity contribution in [1.29, 1.82) is 0 Å². The van der Waals surface area contributed by atoms with E-state index in [1.54, 1.807) is 0 Å². The molecule has 106 valence electrons. The zero-order valence-corrected chi connectivity index (χ0v) is 11.3. The number of carbonyl (C=O) groups excluding carboxylic acids is 1. The molecule has 0 radical (unpaired) electrons. The molecule has 1 rings (SSSR count). The second-order valence-electron chi connectivity index (χ2n) is 6.05. The van der Waals surface area contributed by atoms with Crippen molar-refractivity contribution in [2.24, 2.45) is 17.1 Å². The number of halogens is 2. The van der Waals surface area contributed by atoms with Crippen LogP contribution in [0.4, 0.5) is 8.78 Å². The van der Waals surface area contributed by atoms with Crippen molar-refractivity contribution >= 4 is 5.91 Å². The lowest BCUT2D eigenvalue weighted by molar-refractivity contribution is -0.129. The van der Waals surface area contributed by atoms with Gasteiger partial charge in [0.2, 0.25) is 11.8 Å². The number of hydrogen-bond acceptors (Lipinski definition) is 2. The van der Waals surface area contributed by atoms with E-state index in [4.69, 9.17) is 5.73 Å². The highest BCUT2D eigenvalue weighted by Gasteiger charge is 2.37. The van der Waals surface area contributed by atoms with Crippen molar-refractivity contribution in [1.82, 2.24) is 5.32 Å². The molecule has 0 aromatic rings. The number of rotatable bonds is 5. The molecule has 0 spiro atoms. The number of hydrogen-bond donors (Lipinski definition) is 2. The molecule has 3 N–H and O–H groups in total. The van der Waals surface area contributed by atoms with Crippen molar-refractivity contribution in [2.75, 3.05) is 13.1 Å². The van der Waals surface area contributed by atoms with Crippen LogP contribution < -0.4 is 11.1 Å². The summed E-state index contributed by atoms with van der Waals surface area (Å²) in [4.78, 5) is 11.9. The smallest absolute Gasteiger partial charge is 0.248 e. The Hall–Kier alpha value is -0.710. The summed E-state index contributed by atoms with van der Waals surface area (Å²) >= 11 is 0. The first-order valence-corrected chi connectivity index (χ1v) is 6.61. The fraction of sp³-hybridized carbons (Fsp3) is 0.923. The first-order valence-electron chi connectivity index (χ1n) is 6.61. The van der Waals surface area contributed by atoms with Crippen molar-refractivity contribution in [3.63, 3.8) is 0 Å². The van der Waals surface area contributed by atoms with Crippen LogP contribution >= 0.6 is 0 Å². The summed E-state index contributed by atoms with van der Waals surface area (Å²) in [5.74, 6) is -2.91. The summed E-state index contributed by atoms with van der Waals surface area (Å²) in [7, 11) is 0. The van der Waals surface area contributed by atoms with Gasteiger partial charge < -0.3 is 11.1 Å². The van der Waals surface area contributed by atoms with Gasteiger partial charge in [-0.1, -0.05) is 13.8 Å². The second-order valence-corrected chi connectivity index (χ2v) is 6.05. The lowest BCUT2D eigenvalue weighted by Crippen LogP contribution is -2.40. The fourth-order valence-corrected chi connectivity index (χ4v) is 2.25. The van der Waals surface area contributed by atoms with Gasteiger partial charge in [-0.3, -0.25) is 4.79 Å². The van der Waals surface area contributed by atoms with E-state index in [0.717, 1.165) is 6.42 Å². The molecule has 3 nitrogen and oxygen atoms in total. The van der Waals surface area contributed by atoms with Gasteiger partial charge in [0.25, 0.3) is 0 Å². The molecule has 1 aliphatic carbocycles. The van der Waals surface area contributed by atoms with Crippen molar-refractivity contribution < 1.29 is 13.6 Å². The Labute approximate surface area is 107 Å². The largest absolute Gasteiger partial charge is 0.355 e. The summed E-state index contributed by atoms with van der Waals surface area (Å²) in [5.41, 5.74) is 5.46. The Morgan fingerprint density at radius 2 is 1.94 bits per heavy atom. The number of amides is 1. The zero-order chi connectivity index (χ0) is 13.8. The highest BCUT2D eigenvalue weighted by Crippen LogP contribution is 2.36. The predicted octanol–water partition coefficient (Wildman–Crippen LogP) is 2.30. The first-order chi connectivity index (χ1) is 8.26. The third-order valence-electron chi connectivity index (χ3n) is 3.65. The number of carbonyl (C=O) groups is 1. The molecule has 1 fully saturated rings. The Kier molecular flexibility index (Phi) is 5.08. The van der Waals surface area contributed by atoms with Gasteiger partial charge in [-0.2, -0.15) is 0 Å². The van der Waals surface area contributed by atoms with E-state index in [0.29, 0.717) is 13.1 Å². The van der Waals surface area contributed by atoms with Gasteiger partial charge in [0.1, 0.15) is 0 Å². The molecule has 18 heavy (non-hydrogen) atoms. The van der Waals surface area contributed by atoms with Gasteiger partial charge >= 0.3 is 0 Å². The Bertz CT molecular complexity index is 283. The molecule has 0 saturated heterocycles. The molecular weight excluding hydrogens is 238 g/mol. The molecule has 1 amide bonds. The van der Waals surface area contributed by atoms with Gasteiger partial charge in [0.05, 0.1) is 0 Å². The molecule has 0 bridgehead atoms. The van der Waals surface area contributed by atoms with Crippen molar-refractivity contribution in [2.45, 2.75) is 51.9 Å². The molecule has 0 aromatic carbocycles. The van der Waals surface area contributed by atoms with Gasteiger partial charge in [0.15, 0.2) is 0 Å². The van der Waals surface area contributed by atoms with Gasteiger partial charge in [0, 0.05) is 25.3 Å². The van der Waals surface area contributed by atoms with Crippen LogP contribution in [0.1, 0.15) is 46.0 Å². The molecular formula is C13H24F2N2O. The van der Waals surface area contributed by atoms with Crippen LogP contribution in [-0.2, 0) is 4.79 Å². The van der Waals surface area contributed by atoms with Crippen LogP contribution in [0.5, 0.6) is 0 Å². The van der Waals surface area contributed by atoms with Crippen LogP contribution in [0.3, 0.4) is 0 Å². The fourth-order valence-electron chi connectivity index (χ4n) is 2.25. The van der Waals surface area contributed by atoms with Crippen LogP contribution in [0.25, 0.3) is 0 Å². The minimum Gasteiger partial charge on any atom is -0.355 e. The normalized spacial score (nSPS) is 20.7. The summed E-state index contributed by atoms with van der Waals surface area (Å²) < 4.78 is 25.9. The van der Waals surface area contributed by atoms with E-state index in [2.05, 4.69) is 5.32 Å². The van der Waals surface area contributed by atoms with Crippen LogP contribution in [0.15, 0.2) is 0 Å². The van der Waals surface area contributed by atoms with E-state index >= 15 is 0 Å². The second kappa shape index (κ2) is 5.95. The SMILES string of the molecule is CC(C)(CCN)CNC(=O)C1CCC(F)(F)CC1. The Morgan fingerprint density at radius 3 is 2.44 bits per heavy atom. The van der Waals surface area contributed by atoms with E-state index < -0.39 is 5.92 Å². The zero-order valence-electron chi connectivity index (χ0n) is 11.3. The minimum atomic E-state index is -2.57. The van der Waals surface area contributed by atoms with Crippen LogP contribution in [0.2, 0.25) is 0 Å². The van der Waals surface area contributed by atoms with Gasteiger partial charge in [-0.25, -0.2) is 8.78 Å². The van der Waals surface area contributed by atoms with Crippen molar-refractivity contribution in [3.8, 4) is 0 Å². The summed E-state index contributed by atoms with van der Waals surface area (Å²) in [5, 5.41) is 2.87. The molecule has 0 heterocycles.